The zero-order valence-electron chi connectivity index (χ0n) is 12.6. The number of urea groups is 1. The Morgan fingerprint density at radius 1 is 1.19 bits per heavy atom. The molecule has 2 aliphatic rings. The molecule has 0 aromatic rings. The minimum atomic E-state index is -0.732. The molecule has 0 radical (unpaired) electrons. The summed E-state index contributed by atoms with van der Waals surface area (Å²) in [5.74, 6) is 0.151. The average Bonchev–Trinajstić information content (AvgIpc) is 2.52. The summed E-state index contributed by atoms with van der Waals surface area (Å²) >= 11 is 0. The third kappa shape index (κ3) is 5.53. The van der Waals surface area contributed by atoms with Gasteiger partial charge in [0.25, 0.3) is 0 Å². The minimum Gasteiger partial charge on any atom is -0.481 e. The number of rotatable bonds is 5. The minimum absolute atomic E-state index is 0.0114. The number of carbonyl (C=O) groups excluding carboxylic acids is 1. The molecule has 2 N–H and O–H groups in total. The largest absolute Gasteiger partial charge is 0.481 e. The molecule has 2 saturated heterocycles. The molecule has 0 aromatic heterocycles. The van der Waals surface area contributed by atoms with Crippen LogP contribution in [0.1, 0.15) is 38.5 Å². The van der Waals surface area contributed by atoms with E-state index in [4.69, 9.17) is 9.84 Å². The van der Waals surface area contributed by atoms with E-state index in [1.165, 1.54) is 0 Å². The van der Waals surface area contributed by atoms with E-state index < -0.39 is 5.97 Å². The summed E-state index contributed by atoms with van der Waals surface area (Å²) in [6, 6.07) is 0.0114. The van der Waals surface area contributed by atoms with Crippen molar-refractivity contribution < 1.29 is 19.4 Å². The summed E-state index contributed by atoms with van der Waals surface area (Å²) in [6.45, 7) is 3.75. The highest BCUT2D eigenvalue weighted by atomic mass is 16.5. The second-order valence-electron chi connectivity index (χ2n) is 6.13. The monoisotopic (exact) mass is 298 g/mol. The predicted molar refractivity (Wildman–Crippen MR) is 78.1 cm³/mol. The molecule has 0 aliphatic carbocycles. The maximum absolute atomic E-state index is 12.1. The normalized spacial score (nSPS) is 23.8. The van der Waals surface area contributed by atoms with Crippen molar-refractivity contribution in [3.8, 4) is 0 Å². The van der Waals surface area contributed by atoms with E-state index in [0.717, 1.165) is 58.4 Å². The molecule has 6 nitrogen and oxygen atoms in total. The summed E-state index contributed by atoms with van der Waals surface area (Å²) in [7, 11) is 0. The number of hydrogen-bond donors (Lipinski definition) is 2. The van der Waals surface area contributed by atoms with Gasteiger partial charge in [0, 0.05) is 32.7 Å². The van der Waals surface area contributed by atoms with Gasteiger partial charge < -0.3 is 20.1 Å². The van der Waals surface area contributed by atoms with E-state index in [1.54, 1.807) is 0 Å². The highest BCUT2D eigenvalue weighted by Crippen LogP contribution is 2.22. The van der Waals surface area contributed by atoms with E-state index in [9.17, 15) is 9.59 Å². The van der Waals surface area contributed by atoms with Gasteiger partial charge in [-0.05, 0) is 43.9 Å². The van der Waals surface area contributed by atoms with E-state index in [2.05, 4.69) is 5.32 Å². The molecule has 0 bridgehead atoms. The van der Waals surface area contributed by atoms with Gasteiger partial charge in [0.2, 0.25) is 0 Å². The second-order valence-corrected chi connectivity index (χ2v) is 6.13. The Morgan fingerprint density at radius 3 is 2.57 bits per heavy atom. The summed E-state index contributed by atoms with van der Waals surface area (Å²) in [6.07, 6.45) is 4.98. The standard InChI is InChI=1S/C15H26N2O4/c18-14(19)4-3-12-5-7-17(8-6-12)15(20)16-10-13-2-1-9-21-11-13/h12-13H,1-11H2,(H,16,20)(H,18,19). The third-order valence-electron chi connectivity index (χ3n) is 4.46. The zero-order valence-corrected chi connectivity index (χ0v) is 12.6. The molecule has 21 heavy (non-hydrogen) atoms. The van der Waals surface area contributed by atoms with E-state index in [1.807, 2.05) is 4.90 Å². The van der Waals surface area contributed by atoms with Crippen LogP contribution in [0.5, 0.6) is 0 Å². The first-order valence-corrected chi connectivity index (χ1v) is 7.97. The van der Waals surface area contributed by atoms with Crippen molar-refractivity contribution in [3.05, 3.63) is 0 Å². The smallest absolute Gasteiger partial charge is 0.317 e. The summed E-state index contributed by atoms with van der Waals surface area (Å²) < 4.78 is 5.41. The second kappa shape index (κ2) is 8.22. The van der Waals surface area contributed by atoms with Crippen LogP contribution in [0.4, 0.5) is 4.79 Å². The molecule has 2 rings (SSSR count). The van der Waals surface area contributed by atoms with Crippen LogP contribution in [0.2, 0.25) is 0 Å². The van der Waals surface area contributed by atoms with Crippen molar-refractivity contribution in [1.29, 1.82) is 0 Å². The molecule has 0 saturated carbocycles. The maximum atomic E-state index is 12.1. The Morgan fingerprint density at radius 2 is 1.95 bits per heavy atom. The lowest BCUT2D eigenvalue weighted by Crippen LogP contribution is -2.46. The molecule has 1 atom stereocenters. The molecule has 1 unspecified atom stereocenters. The van der Waals surface area contributed by atoms with E-state index in [-0.39, 0.29) is 12.5 Å². The Labute approximate surface area is 125 Å². The lowest BCUT2D eigenvalue weighted by molar-refractivity contribution is -0.137. The van der Waals surface area contributed by atoms with Crippen LogP contribution in [0, 0.1) is 11.8 Å². The lowest BCUT2D eigenvalue weighted by Gasteiger charge is -2.32. The number of piperidine rings is 1. The van der Waals surface area contributed by atoms with E-state index in [0.29, 0.717) is 18.4 Å². The van der Waals surface area contributed by atoms with Gasteiger partial charge in [0.1, 0.15) is 0 Å². The first-order chi connectivity index (χ1) is 10.1. The van der Waals surface area contributed by atoms with Crippen LogP contribution < -0.4 is 5.32 Å². The SMILES string of the molecule is O=C(O)CCC1CCN(C(=O)NCC2CCCOC2)CC1. The van der Waals surface area contributed by atoms with Gasteiger partial charge in [-0.1, -0.05) is 0 Å². The molecule has 2 fully saturated rings. The van der Waals surface area contributed by atoms with E-state index >= 15 is 0 Å². The van der Waals surface area contributed by atoms with Crippen molar-refractivity contribution in [1.82, 2.24) is 10.2 Å². The Kier molecular flexibility index (Phi) is 6.29. The van der Waals surface area contributed by atoms with Crippen molar-refractivity contribution in [2.24, 2.45) is 11.8 Å². The molecule has 6 heteroatoms. The number of ether oxygens (including phenoxy) is 1. The van der Waals surface area contributed by atoms with Crippen LogP contribution in [0.15, 0.2) is 0 Å². The van der Waals surface area contributed by atoms with Crippen molar-refractivity contribution >= 4 is 12.0 Å². The van der Waals surface area contributed by atoms with Gasteiger partial charge >= 0.3 is 12.0 Å². The number of amides is 2. The maximum Gasteiger partial charge on any atom is 0.317 e. The predicted octanol–water partition coefficient (Wildman–Crippen LogP) is 1.70. The van der Waals surface area contributed by atoms with Gasteiger partial charge in [0.05, 0.1) is 6.61 Å². The van der Waals surface area contributed by atoms with Crippen molar-refractivity contribution in [2.45, 2.75) is 38.5 Å². The summed E-state index contributed by atoms with van der Waals surface area (Å²) in [4.78, 5) is 24.5. The Hall–Kier alpha value is -1.30. The summed E-state index contributed by atoms with van der Waals surface area (Å²) in [5, 5.41) is 11.7. The fourth-order valence-electron chi connectivity index (χ4n) is 3.06. The molecule has 0 spiro atoms. The zero-order chi connectivity index (χ0) is 15.1. The van der Waals surface area contributed by atoms with Crippen molar-refractivity contribution in [2.75, 3.05) is 32.8 Å². The molecule has 2 amide bonds. The van der Waals surface area contributed by atoms with Gasteiger partial charge in [-0.3, -0.25) is 4.79 Å². The van der Waals surface area contributed by atoms with Gasteiger partial charge in [-0.15, -0.1) is 0 Å². The number of hydrogen-bond acceptors (Lipinski definition) is 3. The van der Waals surface area contributed by atoms with Crippen LogP contribution in [0.25, 0.3) is 0 Å². The number of aliphatic carboxylic acids is 1. The molecule has 2 aliphatic heterocycles. The Bertz CT molecular complexity index is 348. The fraction of sp³-hybridized carbons (Fsp3) is 0.867. The van der Waals surface area contributed by atoms with Gasteiger partial charge in [-0.25, -0.2) is 4.79 Å². The highest BCUT2D eigenvalue weighted by Gasteiger charge is 2.23. The quantitative estimate of drug-likeness (QED) is 0.809. The first-order valence-electron chi connectivity index (χ1n) is 7.97. The van der Waals surface area contributed by atoms with Crippen LogP contribution in [-0.2, 0) is 9.53 Å². The topological polar surface area (TPSA) is 78.9 Å². The molecule has 120 valence electrons. The molecular formula is C15H26N2O4. The van der Waals surface area contributed by atoms with Crippen LogP contribution in [0.3, 0.4) is 0 Å². The van der Waals surface area contributed by atoms with Crippen LogP contribution >= 0.6 is 0 Å². The Balaban J connectivity index is 1.62. The molecule has 2 heterocycles. The number of carboxylic acid groups (broad SMARTS) is 1. The molecular weight excluding hydrogens is 272 g/mol. The lowest BCUT2D eigenvalue weighted by atomic mass is 9.92. The molecule has 0 aromatic carbocycles. The van der Waals surface area contributed by atoms with Gasteiger partial charge in [-0.2, -0.15) is 0 Å². The number of carbonyl (C=O) groups is 2. The highest BCUT2D eigenvalue weighted by molar-refractivity contribution is 5.74. The van der Waals surface area contributed by atoms with Crippen molar-refractivity contribution in [3.63, 3.8) is 0 Å². The number of likely N-dealkylation sites (tertiary alicyclic amines) is 1. The van der Waals surface area contributed by atoms with Gasteiger partial charge in [0.15, 0.2) is 0 Å². The average molecular weight is 298 g/mol. The van der Waals surface area contributed by atoms with Crippen LogP contribution in [-0.4, -0.2) is 54.9 Å². The first kappa shape index (κ1) is 16.1. The third-order valence-corrected chi connectivity index (χ3v) is 4.46. The number of nitrogens with zero attached hydrogens (tertiary/aromatic N) is 1. The fourth-order valence-corrected chi connectivity index (χ4v) is 3.06. The number of nitrogens with one attached hydrogen (secondary N) is 1. The summed E-state index contributed by atoms with van der Waals surface area (Å²) in [5.41, 5.74) is 0. The number of carboxylic acids is 1.